The fourth-order valence-electron chi connectivity index (χ4n) is 2.52. The molecule has 1 unspecified atom stereocenters. The molecule has 3 heteroatoms. The average molecular weight is 282 g/mol. The lowest BCUT2D eigenvalue weighted by atomic mass is 9.97. The van der Waals surface area contributed by atoms with Crippen LogP contribution in [0.25, 0.3) is 0 Å². The molecule has 0 N–H and O–H groups in total. The molecule has 1 atom stereocenters. The van der Waals surface area contributed by atoms with E-state index in [1.165, 1.54) is 17.7 Å². The maximum atomic E-state index is 13.2. The summed E-state index contributed by atoms with van der Waals surface area (Å²) in [6.45, 7) is 0.824. The van der Waals surface area contributed by atoms with E-state index in [1.807, 2.05) is 37.4 Å². The maximum Gasteiger partial charge on any atom is 0.123 e. The third kappa shape index (κ3) is 4.14. The van der Waals surface area contributed by atoms with Crippen LogP contribution in [0.1, 0.15) is 30.0 Å². The minimum atomic E-state index is -0.224. The first-order chi connectivity index (χ1) is 10.2. The molecule has 0 saturated carbocycles. The number of halogens is 1. The molecule has 2 aromatic carbocycles. The highest BCUT2D eigenvalue weighted by Gasteiger charge is 2.18. The summed E-state index contributed by atoms with van der Waals surface area (Å²) in [5, 5.41) is 8.67. The van der Waals surface area contributed by atoms with Crippen molar-refractivity contribution < 1.29 is 4.39 Å². The molecule has 2 nitrogen and oxygen atoms in total. The van der Waals surface area contributed by atoms with Crippen LogP contribution in [0.4, 0.5) is 4.39 Å². The Morgan fingerprint density at radius 2 is 1.67 bits per heavy atom. The zero-order chi connectivity index (χ0) is 15.1. The van der Waals surface area contributed by atoms with Crippen molar-refractivity contribution in [3.8, 4) is 6.07 Å². The van der Waals surface area contributed by atoms with Gasteiger partial charge >= 0.3 is 0 Å². The van der Waals surface area contributed by atoms with E-state index in [2.05, 4.69) is 23.1 Å². The third-order valence-corrected chi connectivity index (χ3v) is 3.54. The molecule has 21 heavy (non-hydrogen) atoms. The van der Waals surface area contributed by atoms with E-state index in [0.717, 1.165) is 18.5 Å². The summed E-state index contributed by atoms with van der Waals surface area (Å²) >= 11 is 0. The molecular weight excluding hydrogens is 263 g/mol. The van der Waals surface area contributed by atoms with Crippen LogP contribution in [0.2, 0.25) is 0 Å². The van der Waals surface area contributed by atoms with Crippen molar-refractivity contribution in [1.29, 1.82) is 5.26 Å². The Hall–Kier alpha value is -2.18. The zero-order valence-electron chi connectivity index (χ0n) is 12.2. The number of benzene rings is 2. The van der Waals surface area contributed by atoms with Crippen molar-refractivity contribution in [1.82, 2.24) is 4.90 Å². The number of hydrogen-bond donors (Lipinski definition) is 0. The highest BCUT2D eigenvalue weighted by atomic mass is 19.1. The lowest BCUT2D eigenvalue weighted by Crippen LogP contribution is -2.26. The van der Waals surface area contributed by atoms with Crippen molar-refractivity contribution in [2.24, 2.45) is 0 Å². The van der Waals surface area contributed by atoms with Crippen molar-refractivity contribution in [2.45, 2.75) is 18.9 Å². The Bertz CT molecular complexity index is 587. The molecule has 0 aliphatic heterocycles. The summed E-state index contributed by atoms with van der Waals surface area (Å²) < 4.78 is 13.2. The molecule has 0 aromatic heterocycles. The summed E-state index contributed by atoms with van der Waals surface area (Å²) in [4.78, 5) is 2.21. The molecule has 0 radical (unpaired) electrons. The molecule has 0 fully saturated rings. The van der Waals surface area contributed by atoms with Crippen LogP contribution in [0, 0.1) is 17.1 Å². The zero-order valence-corrected chi connectivity index (χ0v) is 12.2. The van der Waals surface area contributed by atoms with Gasteiger partial charge < -0.3 is 0 Å². The number of rotatable bonds is 6. The second-order valence-electron chi connectivity index (χ2n) is 5.11. The summed E-state index contributed by atoms with van der Waals surface area (Å²) in [6, 6.07) is 19.1. The van der Waals surface area contributed by atoms with Gasteiger partial charge in [-0.25, -0.2) is 4.39 Å². The molecular formula is C18H19FN2. The molecule has 0 amide bonds. The van der Waals surface area contributed by atoms with Crippen LogP contribution in [0.3, 0.4) is 0 Å². The fraction of sp³-hybridized carbons (Fsp3) is 0.278. The lowest BCUT2D eigenvalue weighted by molar-refractivity contribution is 0.276. The molecule has 108 valence electrons. The summed E-state index contributed by atoms with van der Waals surface area (Å²) in [5.74, 6) is -0.224. The Balaban J connectivity index is 2.26. The van der Waals surface area contributed by atoms with Gasteiger partial charge in [0.05, 0.1) is 12.1 Å². The summed E-state index contributed by atoms with van der Waals surface area (Å²) in [5.41, 5.74) is 2.23. The van der Waals surface area contributed by atoms with Gasteiger partial charge in [-0.15, -0.1) is 0 Å². The number of hydrogen-bond acceptors (Lipinski definition) is 2. The van der Waals surface area contributed by atoms with E-state index in [-0.39, 0.29) is 11.9 Å². The second-order valence-corrected chi connectivity index (χ2v) is 5.11. The largest absolute Gasteiger partial charge is 0.295 e. The van der Waals surface area contributed by atoms with Gasteiger partial charge in [0.1, 0.15) is 5.82 Å². The van der Waals surface area contributed by atoms with E-state index >= 15 is 0 Å². The summed E-state index contributed by atoms with van der Waals surface area (Å²) in [7, 11) is 2.04. The molecule has 2 aromatic rings. The van der Waals surface area contributed by atoms with Gasteiger partial charge in [-0.1, -0.05) is 42.5 Å². The van der Waals surface area contributed by atoms with E-state index in [1.54, 1.807) is 0 Å². The quantitative estimate of drug-likeness (QED) is 0.744. The Morgan fingerprint density at radius 1 is 1.05 bits per heavy atom. The topological polar surface area (TPSA) is 27.0 Å². The first-order valence-corrected chi connectivity index (χ1v) is 7.10. The molecule has 0 aliphatic rings. The van der Waals surface area contributed by atoms with Crippen LogP contribution in [-0.2, 0) is 0 Å². The van der Waals surface area contributed by atoms with Gasteiger partial charge in [0.25, 0.3) is 0 Å². The standard InChI is InChI=1S/C18H19FN2/c1-21(14-6-5-13-20)18(15-7-3-2-4-8-15)16-9-11-17(19)12-10-16/h2-4,7-12,18H,5-6,14H2,1H3. The van der Waals surface area contributed by atoms with Gasteiger partial charge in [-0.2, -0.15) is 5.26 Å². The molecule has 0 aliphatic carbocycles. The molecule has 0 bridgehead atoms. The first kappa shape index (κ1) is 15.2. The minimum absolute atomic E-state index is 0.0745. The van der Waals surface area contributed by atoms with Crippen LogP contribution >= 0.6 is 0 Å². The molecule has 0 saturated heterocycles. The van der Waals surface area contributed by atoms with Crippen molar-refractivity contribution in [3.63, 3.8) is 0 Å². The first-order valence-electron chi connectivity index (χ1n) is 7.10. The van der Waals surface area contributed by atoms with Crippen molar-refractivity contribution >= 4 is 0 Å². The molecule has 0 spiro atoms. The summed E-state index contributed by atoms with van der Waals surface area (Å²) in [6.07, 6.45) is 1.38. The van der Waals surface area contributed by atoms with Crippen LogP contribution in [-0.4, -0.2) is 18.5 Å². The minimum Gasteiger partial charge on any atom is -0.295 e. The number of nitrogens with zero attached hydrogens (tertiary/aromatic N) is 2. The Kier molecular flexibility index (Phi) is 5.48. The third-order valence-electron chi connectivity index (χ3n) is 3.54. The van der Waals surface area contributed by atoms with Gasteiger partial charge in [0, 0.05) is 6.42 Å². The predicted octanol–water partition coefficient (Wildman–Crippen LogP) is 4.15. The van der Waals surface area contributed by atoms with Crippen molar-refractivity contribution in [2.75, 3.05) is 13.6 Å². The smallest absolute Gasteiger partial charge is 0.123 e. The lowest BCUT2D eigenvalue weighted by Gasteiger charge is -2.29. The Labute approximate surface area is 125 Å². The molecule has 2 rings (SSSR count). The molecule has 0 heterocycles. The number of nitriles is 1. The van der Waals surface area contributed by atoms with Gasteiger partial charge in [0.2, 0.25) is 0 Å². The number of unbranched alkanes of at least 4 members (excludes halogenated alkanes) is 1. The van der Waals surface area contributed by atoms with Crippen LogP contribution < -0.4 is 0 Å². The highest BCUT2D eigenvalue weighted by Crippen LogP contribution is 2.27. The van der Waals surface area contributed by atoms with Gasteiger partial charge in [-0.05, 0) is 43.3 Å². The van der Waals surface area contributed by atoms with Crippen LogP contribution in [0.5, 0.6) is 0 Å². The van der Waals surface area contributed by atoms with E-state index in [4.69, 9.17) is 5.26 Å². The van der Waals surface area contributed by atoms with E-state index in [0.29, 0.717) is 6.42 Å². The van der Waals surface area contributed by atoms with E-state index < -0.39 is 0 Å². The van der Waals surface area contributed by atoms with Gasteiger partial charge in [-0.3, -0.25) is 4.90 Å². The van der Waals surface area contributed by atoms with Crippen LogP contribution in [0.15, 0.2) is 54.6 Å². The maximum absolute atomic E-state index is 13.2. The normalized spacial score (nSPS) is 12.1. The average Bonchev–Trinajstić information content (AvgIpc) is 2.51. The predicted molar refractivity (Wildman–Crippen MR) is 82.2 cm³/mol. The van der Waals surface area contributed by atoms with Crippen molar-refractivity contribution in [3.05, 3.63) is 71.5 Å². The SMILES string of the molecule is CN(CCCC#N)C(c1ccccc1)c1ccc(F)cc1. The second kappa shape index (κ2) is 7.56. The monoisotopic (exact) mass is 282 g/mol. The van der Waals surface area contributed by atoms with E-state index in [9.17, 15) is 4.39 Å². The Morgan fingerprint density at radius 3 is 2.29 bits per heavy atom. The fourth-order valence-corrected chi connectivity index (χ4v) is 2.52. The highest BCUT2D eigenvalue weighted by molar-refractivity contribution is 5.31. The van der Waals surface area contributed by atoms with Gasteiger partial charge in [0.15, 0.2) is 0 Å².